The molecule has 0 aliphatic carbocycles. The van der Waals surface area contributed by atoms with Crippen LogP contribution in [-0.2, 0) is 16.6 Å². The van der Waals surface area contributed by atoms with Crippen molar-refractivity contribution in [1.82, 2.24) is 10.0 Å². The van der Waals surface area contributed by atoms with E-state index in [2.05, 4.69) is 23.9 Å². The van der Waals surface area contributed by atoms with Crippen LogP contribution >= 0.6 is 0 Å². The molecule has 1 aliphatic rings. The maximum atomic E-state index is 12.7. The summed E-state index contributed by atoms with van der Waals surface area (Å²) >= 11 is 0. The lowest BCUT2D eigenvalue weighted by atomic mass is 10.0. The van der Waals surface area contributed by atoms with Gasteiger partial charge in [-0.25, -0.2) is 17.9 Å². The fourth-order valence-electron chi connectivity index (χ4n) is 3.58. The van der Waals surface area contributed by atoms with Crippen LogP contribution in [0.3, 0.4) is 0 Å². The highest BCUT2D eigenvalue weighted by Gasteiger charge is 2.30. The van der Waals surface area contributed by atoms with Gasteiger partial charge in [-0.3, -0.25) is 4.90 Å². The molecule has 0 spiro atoms. The van der Waals surface area contributed by atoms with Crippen molar-refractivity contribution in [3.8, 4) is 11.5 Å². The predicted octanol–water partition coefficient (Wildman–Crippen LogP) is 3.13. The quantitative estimate of drug-likeness (QED) is 0.616. The summed E-state index contributed by atoms with van der Waals surface area (Å²) in [6.07, 6.45) is 0.898. The van der Waals surface area contributed by atoms with Gasteiger partial charge in [0.1, 0.15) is 0 Å². The van der Waals surface area contributed by atoms with Gasteiger partial charge >= 0.3 is 6.03 Å². The zero-order valence-electron chi connectivity index (χ0n) is 18.2. The highest BCUT2D eigenvalue weighted by atomic mass is 32.2. The fourth-order valence-corrected chi connectivity index (χ4v) is 4.60. The van der Waals surface area contributed by atoms with E-state index < -0.39 is 10.0 Å². The molecule has 1 aliphatic heterocycles. The SMILES string of the molecule is COc1ccc(CNS(=O)(=O)c2ccc(N3C[C@H](CC(C)C)NC3=O)cc2)cc1OC. The van der Waals surface area contributed by atoms with Crippen LogP contribution < -0.4 is 24.4 Å². The highest BCUT2D eigenvalue weighted by Crippen LogP contribution is 2.28. The van der Waals surface area contributed by atoms with Crippen molar-refractivity contribution in [3.05, 3.63) is 48.0 Å². The van der Waals surface area contributed by atoms with E-state index in [4.69, 9.17) is 9.47 Å². The molecule has 8 nitrogen and oxygen atoms in total. The lowest BCUT2D eigenvalue weighted by Crippen LogP contribution is -2.29. The van der Waals surface area contributed by atoms with E-state index >= 15 is 0 Å². The number of carbonyl (C=O) groups excluding carboxylic acids is 1. The Morgan fingerprint density at radius 2 is 1.77 bits per heavy atom. The Morgan fingerprint density at radius 3 is 2.39 bits per heavy atom. The second-order valence-corrected chi connectivity index (χ2v) is 9.66. The summed E-state index contributed by atoms with van der Waals surface area (Å²) in [7, 11) is -0.647. The van der Waals surface area contributed by atoms with Crippen LogP contribution in [0.4, 0.5) is 10.5 Å². The van der Waals surface area contributed by atoms with Gasteiger partial charge in [0, 0.05) is 24.8 Å². The maximum absolute atomic E-state index is 12.7. The van der Waals surface area contributed by atoms with Crippen molar-refractivity contribution < 1.29 is 22.7 Å². The van der Waals surface area contributed by atoms with E-state index in [1.54, 1.807) is 42.3 Å². The van der Waals surface area contributed by atoms with E-state index in [9.17, 15) is 13.2 Å². The Morgan fingerprint density at radius 1 is 1.10 bits per heavy atom. The van der Waals surface area contributed by atoms with Crippen molar-refractivity contribution >= 4 is 21.7 Å². The summed E-state index contributed by atoms with van der Waals surface area (Å²) in [5.74, 6) is 1.59. The molecule has 2 aromatic carbocycles. The standard InChI is InChI=1S/C22H29N3O5S/c1-15(2)11-17-14-25(22(26)24-17)18-6-8-19(9-7-18)31(27,28)23-13-16-5-10-20(29-3)21(12-16)30-4/h5-10,12,15,17,23H,11,13-14H2,1-4H3,(H,24,26)/t17-/m0/s1. The van der Waals surface area contributed by atoms with Crippen LogP contribution in [0.2, 0.25) is 0 Å². The van der Waals surface area contributed by atoms with E-state index in [-0.39, 0.29) is 23.5 Å². The molecule has 0 aromatic heterocycles. The Bertz CT molecular complexity index is 1020. The minimum atomic E-state index is -3.72. The van der Waals surface area contributed by atoms with Crippen LogP contribution in [0.5, 0.6) is 11.5 Å². The third kappa shape index (κ3) is 5.48. The number of urea groups is 1. The summed E-state index contributed by atoms with van der Waals surface area (Å²) in [5, 5.41) is 2.97. The summed E-state index contributed by atoms with van der Waals surface area (Å²) in [4.78, 5) is 14.0. The Kier molecular flexibility index (Phi) is 7.07. The minimum Gasteiger partial charge on any atom is -0.493 e. The van der Waals surface area contributed by atoms with Crippen LogP contribution in [0.25, 0.3) is 0 Å². The van der Waals surface area contributed by atoms with Gasteiger partial charge in [0.15, 0.2) is 11.5 Å². The fraction of sp³-hybridized carbons (Fsp3) is 0.409. The smallest absolute Gasteiger partial charge is 0.322 e. The molecular formula is C22H29N3O5S. The zero-order valence-corrected chi connectivity index (χ0v) is 19.0. The van der Waals surface area contributed by atoms with Crippen LogP contribution in [0.1, 0.15) is 25.8 Å². The molecule has 1 fully saturated rings. The van der Waals surface area contributed by atoms with Gasteiger partial charge < -0.3 is 14.8 Å². The molecule has 2 aromatic rings. The lowest BCUT2D eigenvalue weighted by molar-refractivity contribution is 0.250. The number of hydrogen-bond acceptors (Lipinski definition) is 5. The molecule has 2 amide bonds. The second-order valence-electron chi connectivity index (χ2n) is 7.89. The number of nitrogens with zero attached hydrogens (tertiary/aromatic N) is 1. The van der Waals surface area contributed by atoms with Crippen LogP contribution in [0, 0.1) is 5.92 Å². The number of methoxy groups -OCH3 is 2. The van der Waals surface area contributed by atoms with Crippen molar-refractivity contribution in [1.29, 1.82) is 0 Å². The molecule has 1 heterocycles. The molecule has 31 heavy (non-hydrogen) atoms. The normalized spacial score (nSPS) is 16.5. The van der Waals surface area contributed by atoms with Gasteiger partial charge in [0.2, 0.25) is 10.0 Å². The van der Waals surface area contributed by atoms with Crippen molar-refractivity contribution in [2.75, 3.05) is 25.7 Å². The first kappa shape index (κ1) is 22.9. The van der Waals surface area contributed by atoms with E-state index in [1.807, 2.05) is 0 Å². The summed E-state index contributed by atoms with van der Waals surface area (Å²) in [6, 6.07) is 11.5. The third-order valence-electron chi connectivity index (χ3n) is 5.10. The molecule has 168 valence electrons. The summed E-state index contributed by atoms with van der Waals surface area (Å²) in [5.41, 5.74) is 1.41. The molecule has 0 saturated carbocycles. The number of ether oxygens (including phenoxy) is 2. The number of nitrogens with one attached hydrogen (secondary N) is 2. The molecular weight excluding hydrogens is 418 g/mol. The number of sulfonamides is 1. The Hall–Kier alpha value is -2.78. The predicted molar refractivity (Wildman–Crippen MR) is 119 cm³/mol. The average Bonchev–Trinajstić information content (AvgIpc) is 3.11. The molecule has 9 heteroatoms. The van der Waals surface area contributed by atoms with E-state index in [0.717, 1.165) is 12.0 Å². The monoisotopic (exact) mass is 447 g/mol. The maximum Gasteiger partial charge on any atom is 0.322 e. The van der Waals surface area contributed by atoms with Gasteiger partial charge in [-0.05, 0) is 54.3 Å². The molecule has 0 bridgehead atoms. The van der Waals surface area contributed by atoms with E-state index in [0.29, 0.717) is 29.6 Å². The van der Waals surface area contributed by atoms with Crippen LogP contribution in [0.15, 0.2) is 47.4 Å². The topological polar surface area (TPSA) is 97.0 Å². The molecule has 0 unspecified atom stereocenters. The van der Waals surface area contributed by atoms with Crippen molar-refractivity contribution in [3.63, 3.8) is 0 Å². The number of rotatable bonds is 9. The van der Waals surface area contributed by atoms with Gasteiger partial charge in [-0.1, -0.05) is 19.9 Å². The first-order valence-corrected chi connectivity index (χ1v) is 11.6. The summed E-state index contributed by atoms with van der Waals surface area (Å²) < 4.78 is 38.4. The lowest BCUT2D eigenvalue weighted by Gasteiger charge is -2.16. The largest absolute Gasteiger partial charge is 0.493 e. The van der Waals surface area contributed by atoms with Crippen molar-refractivity contribution in [2.45, 2.75) is 37.8 Å². The molecule has 0 radical (unpaired) electrons. The second kappa shape index (κ2) is 9.57. The number of hydrogen-bond donors (Lipinski definition) is 2. The zero-order chi connectivity index (χ0) is 22.6. The number of amides is 2. The molecule has 1 atom stereocenters. The van der Waals surface area contributed by atoms with Gasteiger partial charge in [-0.15, -0.1) is 0 Å². The van der Waals surface area contributed by atoms with Gasteiger partial charge in [-0.2, -0.15) is 0 Å². The third-order valence-corrected chi connectivity index (χ3v) is 6.52. The number of anilines is 1. The van der Waals surface area contributed by atoms with Crippen molar-refractivity contribution in [2.24, 2.45) is 5.92 Å². The number of carbonyl (C=O) groups is 1. The van der Waals surface area contributed by atoms with Gasteiger partial charge in [0.05, 0.1) is 19.1 Å². The Balaban J connectivity index is 1.67. The average molecular weight is 448 g/mol. The number of benzene rings is 2. The minimum absolute atomic E-state index is 0.0964. The van der Waals surface area contributed by atoms with Crippen LogP contribution in [-0.4, -0.2) is 41.3 Å². The molecule has 1 saturated heterocycles. The molecule has 2 N–H and O–H groups in total. The first-order valence-electron chi connectivity index (χ1n) is 10.1. The van der Waals surface area contributed by atoms with E-state index in [1.165, 1.54) is 19.2 Å². The highest BCUT2D eigenvalue weighted by molar-refractivity contribution is 7.89. The summed E-state index contributed by atoms with van der Waals surface area (Å²) in [6.45, 7) is 4.91. The van der Waals surface area contributed by atoms with Gasteiger partial charge in [0.25, 0.3) is 0 Å². The molecule has 3 rings (SSSR count). The Labute approximate surface area is 183 Å². The first-order chi connectivity index (χ1) is 14.7.